The first kappa shape index (κ1) is 25.6. The zero-order valence-corrected chi connectivity index (χ0v) is 22.7. The molecule has 1 aromatic carbocycles. The quantitative estimate of drug-likeness (QED) is 0.272. The number of H-pyrrole nitrogens is 1. The third-order valence-corrected chi connectivity index (χ3v) is 6.95. The van der Waals surface area contributed by atoms with Gasteiger partial charge in [-0.3, -0.25) is 9.48 Å². The average Bonchev–Trinajstić information content (AvgIpc) is 3.59. The van der Waals surface area contributed by atoms with E-state index < -0.39 is 0 Å². The van der Waals surface area contributed by atoms with Gasteiger partial charge in [0.1, 0.15) is 17.2 Å². The Labute approximate surface area is 216 Å². The maximum atomic E-state index is 12.4. The Morgan fingerprint density at radius 2 is 1.92 bits per heavy atom. The average molecular weight is 507 g/mol. The molecule has 3 heterocycles. The van der Waals surface area contributed by atoms with Crippen molar-refractivity contribution in [2.75, 3.05) is 28.2 Å². The van der Waals surface area contributed by atoms with Gasteiger partial charge in [0.25, 0.3) is 0 Å². The van der Waals surface area contributed by atoms with E-state index in [4.69, 9.17) is 0 Å². The predicted octanol–water partition coefficient (Wildman–Crippen LogP) is 5.81. The van der Waals surface area contributed by atoms with Crippen LogP contribution in [0.1, 0.15) is 38.2 Å². The number of pyridine rings is 1. The molecule has 1 amide bonds. The molecular weight excluding hydrogens is 472 g/mol. The molecule has 0 aliphatic heterocycles. The predicted molar refractivity (Wildman–Crippen MR) is 150 cm³/mol. The minimum Gasteiger partial charge on any atom is -0.352 e. The van der Waals surface area contributed by atoms with Gasteiger partial charge in [-0.1, -0.05) is 31.9 Å². The molecule has 0 radical (unpaired) electrons. The van der Waals surface area contributed by atoms with Gasteiger partial charge in [0.05, 0.1) is 23.3 Å². The summed E-state index contributed by atoms with van der Waals surface area (Å²) in [5, 5.41) is 10.9. The molecule has 3 N–H and O–H groups in total. The standard InChI is InChI=1S/C24H28N8OS.C2H6/c1-13-17(12-25-31(13)3)16-8-9-18(20(10-16)32(4)34-5)28-19-11-21(30-24(33)15-6-7-15)29-23-22(19)26-14(2)27-23;1-2/h8-12,15H,6-7H2,1-5H3,(H3,26,27,28,29,30,33);1-2H3. The highest BCUT2D eigenvalue weighted by molar-refractivity contribution is 7.99. The summed E-state index contributed by atoms with van der Waals surface area (Å²) in [6.07, 6.45) is 5.82. The van der Waals surface area contributed by atoms with Crippen LogP contribution in [0, 0.1) is 19.8 Å². The second kappa shape index (κ2) is 10.6. The minimum absolute atomic E-state index is 0.0176. The number of hydrogen-bond acceptors (Lipinski definition) is 7. The first-order valence-electron chi connectivity index (χ1n) is 12.2. The second-order valence-corrected chi connectivity index (χ2v) is 9.56. The Bertz CT molecular complexity index is 1390. The van der Waals surface area contributed by atoms with E-state index >= 15 is 0 Å². The van der Waals surface area contributed by atoms with Crippen LogP contribution in [0.4, 0.5) is 22.9 Å². The number of anilines is 4. The number of carbonyl (C=O) groups excluding carboxylic acids is 1. The largest absolute Gasteiger partial charge is 0.352 e. The summed E-state index contributed by atoms with van der Waals surface area (Å²) >= 11 is 1.63. The first-order chi connectivity index (χ1) is 17.3. The van der Waals surface area contributed by atoms with Crippen LogP contribution in [0.25, 0.3) is 22.3 Å². The molecular formula is C26H34N8OS. The number of amides is 1. The molecule has 1 saturated carbocycles. The van der Waals surface area contributed by atoms with E-state index in [0.29, 0.717) is 11.5 Å². The number of nitrogens with one attached hydrogen (secondary N) is 3. The van der Waals surface area contributed by atoms with Gasteiger partial charge in [0.15, 0.2) is 5.65 Å². The monoisotopic (exact) mass is 506 g/mol. The summed E-state index contributed by atoms with van der Waals surface area (Å²) in [7, 11) is 3.99. The fraction of sp³-hybridized carbons (Fsp3) is 0.385. The number of aryl methyl sites for hydroxylation is 2. The lowest BCUT2D eigenvalue weighted by Gasteiger charge is -2.22. The molecule has 0 saturated heterocycles. The van der Waals surface area contributed by atoms with Crippen LogP contribution in [0.2, 0.25) is 0 Å². The van der Waals surface area contributed by atoms with Gasteiger partial charge in [0, 0.05) is 43.6 Å². The highest BCUT2D eigenvalue weighted by Gasteiger charge is 2.30. The zero-order chi connectivity index (χ0) is 26.0. The Hall–Kier alpha value is -3.53. The van der Waals surface area contributed by atoms with E-state index in [1.165, 1.54) is 0 Å². The van der Waals surface area contributed by atoms with Gasteiger partial charge in [0.2, 0.25) is 5.91 Å². The highest BCUT2D eigenvalue weighted by Crippen LogP contribution is 2.38. The lowest BCUT2D eigenvalue weighted by atomic mass is 10.0. The molecule has 36 heavy (non-hydrogen) atoms. The number of nitrogens with zero attached hydrogens (tertiary/aromatic N) is 5. The van der Waals surface area contributed by atoms with Crippen LogP contribution in [0.3, 0.4) is 0 Å². The van der Waals surface area contributed by atoms with E-state index in [1.807, 2.05) is 58.1 Å². The number of aromatic nitrogens is 5. The fourth-order valence-electron chi connectivity index (χ4n) is 3.93. The molecule has 190 valence electrons. The highest BCUT2D eigenvalue weighted by atomic mass is 32.2. The SMILES string of the molecule is CC.CSN(C)c1cc(-c2cnn(C)c2C)ccc1Nc1cc(NC(=O)C2CC2)nc2nc(C)[nH]c12. The van der Waals surface area contributed by atoms with Crippen LogP contribution in [-0.2, 0) is 11.8 Å². The molecule has 9 nitrogen and oxygen atoms in total. The van der Waals surface area contributed by atoms with Crippen molar-refractivity contribution >= 4 is 51.9 Å². The molecule has 0 spiro atoms. The normalized spacial score (nSPS) is 12.8. The summed E-state index contributed by atoms with van der Waals surface area (Å²) in [5.41, 5.74) is 7.44. The molecule has 5 rings (SSSR count). The number of hydrogen-bond donors (Lipinski definition) is 3. The van der Waals surface area contributed by atoms with E-state index in [2.05, 4.69) is 60.1 Å². The molecule has 0 bridgehead atoms. The number of carbonyl (C=O) groups is 1. The first-order valence-corrected chi connectivity index (χ1v) is 13.4. The van der Waals surface area contributed by atoms with Crippen molar-refractivity contribution in [3.8, 4) is 11.1 Å². The molecule has 4 aromatic rings. The van der Waals surface area contributed by atoms with Gasteiger partial charge >= 0.3 is 0 Å². The van der Waals surface area contributed by atoms with E-state index in [9.17, 15) is 4.79 Å². The van der Waals surface area contributed by atoms with Gasteiger partial charge in [-0.2, -0.15) is 5.10 Å². The number of fused-ring (bicyclic) bond motifs is 1. The lowest BCUT2D eigenvalue weighted by molar-refractivity contribution is -0.117. The smallest absolute Gasteiger partial charge is 0.228 e. The number of rotatable bonds is 7. The summed E-state index contributed by atoms with van der Waals surface area (Å²) in [4.78, 5) is 24.7. The fourth-order valence-corrected chi connectivity index (χ4v) is 4.28. The van der Waals surface area contributed by atoms with Gasteiger partial charge in [-0.05, 0) is 44.4 Å². The van der Waals surface area contributed by atoms with Gasteiger partial charge in [-0.15, -0.1) is 0 Å². The van der Waals surface area contributed by atoms with Crippen molar-refractivity contribution in [2.24, 2.45) is 13.0 Å². The lowest BCUT2D eigenvalue weighted by Crippen LogP contribution is -2.14. The van der Waals surface area contributed by atoms with Crippen molar-refractivity contribution in [1.29, 1.82) is 0 Å². The van der Waals surface area contributed by atoms with Crippen LogP contribution >= 0.6 is 11.9 Å². The zero-order valence-electron chi connectivity index (χ0n) is 21.9. The molecule has 0 unspecified atom stereocenters. The van der Waals surface area contributed by atoms with Crippen molar-refractivity contribution in [2.45, 2.75) is 40.5 Å². The Morgan fingerprint density at radius 1 is 1.17 bits per heavy atom. The Balaban J connectivity index is 0.00000148. The maximum Gasteiger partial charge on any atom is 0.228 e. The second-order valence-electron chi connectivity index (χ2n) is 8.64. The van der Waals surface area contributed by atoms with Crippen LogP contribution < -0.4 is 14.9 Å². The van der Waals surface area contributed by atoms with Crippen molar-refractivity contribution in [3.63, 3.8) is 0 Å². The Kier molecular flexibility index (Phi) is 7.53. The van der Waals surface area contributed by atoms with E-state index in [0.717, 1.165) is 58.1 Å². The molecule has 1 fully saturated rings. The summed E-state index contributed by atoms with van der Waals surface area (Å²) in [6.45, 7) is 7.96. The maximum absolute atomic E-state index is 12.4. The summed E-state index contributed by atoms with van der Waals surface area (Å²) < 4.78 is 4.00. The molecule has 1 aliphatic rings. The molecule has 1 aliphatic carbocycles. The van der Waals surface area contributed by atoms with Crippen molar-refractivity contribution < 1.29 is 4.79 Å². The van der Waals surface area contributed by atoms with Crippen LogP contribution in [0.15, 0.2) is 30.5 Å². The van der Waals surface area contributed by atoms with Gasteiger partial charge < -0.3 is 19.9 Å². The third-order valence-electron chi connectivity index (χ3n) is 6.21. The topological polar surface area (TPSA) is 104 Å². The van der Waals surface area contributed by atoms with Gasteiger partial charge in [-0.25, -0.2) is 9.97 Å². The molecule has 3 aromatic heterocycles. The van der Waals surface area contributed by atoms with E-state index in [1.54, 1.807) is 11.9 Å². The van der Waals surface area contributed by atoms with Crippen molar-refractivity contribution in [3.05, 3.63) is 42.0 Å². The number of imidazole rings is 1. The molecule has 10 heteroatoms. The Morgan fingerprint density at radius 3 is 2.56 bits per heavy atom. The number of benzene rings is 1. The number of aromatic amines is 1. The van der Waals surface area contributed by atoms with Crippen LogP contribution in [0.5, 0.6) is 0 Å². The van der Waals surface area contributed by atoms with Crippen molar-refractivity contribution in [1.82, 2.24) is 24.7 Å². The summed E-state index contributed by atoms with van der Waals surface area (Å²) in [6, 6.07) is 8.19. The summed E-state index contributed by atoms with van der Waals surface area (Å²) in [5.74, 6) is 1.38. The minimum atomic E-state index is 0.0176. The molecule has 0 atom stereocenters. The van der Waals surface area contributed by atoms with Crippen LogP contribution in [-0.4, -0.2) is 43.9 Å². The third kappa shape index (κ3) is 5.18. The van der Waals surface area contributed by atoms with E-state index in [-0.39, 0.29) is 11.8 Å².